The van der Waals surface area contributed by atoms with Crippen LogP contribution in [0, 0.1) is 12.7 Å². The summed E-state index contributed by atoms with van der Waals surface area (Å²) in [6, 6.07) is 4.95. The van der Waals surface area contributed by atoms with Gasteiger partial charge in [0.25, 0.3) is 0 Å². The van der Waals surface area contributed by atoms with Gasteiger partial charge in [-0.1, -0.05) is 17.3 Å². The number of amides is 1. The van der Waals surface area contributed by atoms with Gasteiger partial charge in [0.05, 0.1) is 19.2 Å². The van der Waals surface area contributed by atoms with Crippen LogP contribution in [-0.2, 0) is 24.2 Å². The number of rotatable bonds is 2. The minimum atomic E-state index is -0.318. The molecule has 0 aliphatic carbocycles. The zero-order valence-corrected chi connectivity index (χ0v) is 11.2. The molecular weight excluding hydrogens is 259 g/mol. The highest BCUT2D eigenvalue weighted by molar-refractivity contribution is 5.79. The predicted octanol–water partition coefficient (Wildman–Crippen LogP) is 2.25. The Morgan fingerprint density at radius 2 is 2.35 bits per heavy atom. The second-order valence-corrected chi connectivity index (χ2v) is 5.11. The SMILES string of the molecule is Cc1ccc(CC(=O)N2CCc3oncc3C2)c(F)c1. The molecule has 20 heavy (non-hydrogen) atoms. The highest BCUT2D eigenvalue weighted by Crippen LogP contribution is 2.19. The number of carbonyl (C=O) groups is 1. The van der Waals surface area contributed by atoms with E-state index in [1.807, 2.05) is 13.0 Å². The summed E-state index contributed by atoms with van der Waals surface area (Å²) in [7, 11) is 0. The van der Waals surface area contributed by atoms with Crippen LogP contribution in [0.5, 0.6) is 0 Å². The van der Waals surface area contributed by atoms with Crippen molar-refractivity contribution in [2.45, 2.75) is 26.3 Å². The molecule has 3 rings (SSSR count). The Hall–Kier alpha value is -2.17. The maximum absolute atomic E-state index is 13.8. The Morgan fingerprint density at radius 1 is 1.50 bits per heavy atom. The second kappa shape index (κ2) is 5.07. The Morgan fingerprint density at radius 3 is 3.15 bits per heavy atom. The largest absolute Gasteiger partial charge is 0.361 e. The molecule has 0 radical (unpaired) electrons. The summed E-state index contributed by atoms with van der Waals surface area (Å²) < 4.78 is 18.9. The molecule has 0 spiro atoms. The lowest BCUT2D eigenvalue weighted by atomic mass is 10.1. The first-order chi connectivity index (χ1) is 9.63. The average Bonchev–Trinajstić information content (AvgIpc) is 2.89. The van der Waals surface area contributed by atoms with E-state index in [2.05, 4.69) is 5.16 Å². The van der Waals surface area contributed by atoms with Crippen molar-refractivity contribution >= 4 is 5.91 Å². The Bertz CT molecular complexity index is 651. The molecule has 4 nitrogen and oxygen atoms in total. The second-order valence-electron chi connectivity index (χ2n) is 5.11. The molecular formula is C15H15FN2O2. The molecule has 1 aliphatic heterocycles. The van der Waals surface area contributed by atoms with Gasteiger partial charge in [-0.05, 0) is 24.1 Å². The fraction of sp³-hybridized carbons (Fsp3) is 0.333. The van der Waals surface area contributed by atoms with E-state index in [4.69, 9.17) is 4.52 Å². The quantitative estimate of drug-likeness (QED) is 0.843. The minimum absolute atomic E-state index is 0.0698. The summed E-state index contributed by atoms with van der Waals surface area (Å²) in [5.74, 6) is 0.455. The van der Waals surface area contributed by atoms with Gasteiger partial charge in [-0.15, -0.1) is 0 Å². The number of benzene rings is 1. The van der Waals surface area contributed by atoms with Crippen molar-refractivity contribution in [1.29, 1.82) is 0 Å². The Labute approximate surface area is 116 Å². The zero-order valence-electron chi connectivity index (χ0n) is 11.2. The van der Waals surface area contributed by atoms with E-state index in [0.29, 0.717) is 25.1 Å². The number of aryl methyl sites for hydroxylation is 1. The van der Waals surface area contributed by atoms with E-state index in [1.54, 1.807) is 17.2 Å². The normalized spacial score (nSPS) is 14.2. The van der Waals surface area contributed by atoms with Gasteiger partial charge in [-0.25, -0.2) is 4.39 Å². The molecule has 1 aliphatic rings. The van der Waals surface area contributed by atoms with Crippen LogP contribution >= 0.6 is 0 Å². The summed E-state index contributed by atoms with van der Waals surface area (Å²) in [5, 5.41) is 3.73. The van der Waals surface area contributed by atoms with Crippen molar-refractivity contribution < 1.29 is 13.7 Å². The van der Waals surface area contributed by atoms with E-state index >= 15 is 0 Å². The Kier molecular flexibility index (Phi) is 3.26. The molecule has 104 valence electrons. The van der Waals surface area contributed by atoms with Gasteiger partial charge < -0.3 is 9.42 Å². The van der Waals surface area contributed by atoms with Gasteiger partial charge in [0.1, 0.15) is 11.6 Å². The maximum atomic E-state index is 13.8. The third-order valence-corrected chi connectivity index (χ3v) is 3.60. The van der Waals surface area contributed by atoms with Gasteiger partial charge in [-0.3, -0.25) is 4.79 Å². The molecule has 0 bridgehead atoms. The monoisotopic (exact) mass is 274 g/mol. The number of aromatic nitrogens is 1. The van der Waals surface area contributed by atoms with Crippen molar-refractivity contribution in [2.75, 3.05) is 6.54 Å². The fourth-order valence-corrected chi connectivity index (χ4v) is 2.42. The summed E-state index contributed by atoms with van der Waals surface area (Å²) in [5.41, 5.74) is 2.23. The van der Waals surface area contributed by atoms with Gasteiger partial charge in [0.2, 0.25) is 5.91 Å². The highest BCUT2D eigenvalue weighted by Gasteiger charge is 2.24. The maximum Gasteiger partial charge on any atom is 0.227 e. The Balaban J connectivity index is 1.71. The van der Waals surface area contributed by atoms with E-state index in [1.165, 1.54) is 6.07 Å². The van der Waals surface area contributed by atoms with Crippen LogP contribution in [0.4, 0.5) is 4.39 Å². The van der Waals surface area contributed by atoms with E-state index < -0.39 is 0 Å². The van der Waals surface area contributed by atoms with Gasteiger partial charge >= 0.3 is 0 Å². The minimum Gasteiger partial charge on any atom is -0.361 e. The van der Waals surface area contributed by atoms with Gasteiger partial charge in [-0.2, -0.15) is 0 Å². The smallest absolute Gasteiger partial charge is 0.227 e. The summed E-state index contributed by atoms with van der Waals surface area (Å²) >= 11 is 0. The first-order valence-electron chi connectivity index (χ1n) is 6.58. The van der Waals surface area contributed by atoms with Crippen LogP contribution in [0.1, 0.15) is 22.5 Å². The topological polar surface area (TPSA) is 46.3 Å². The van der Waals surface area contributed by atoms with Crippen molar-refractivity contribution in [2.24, 2.45) is 0 Å². The number of halogens is 1. The molecule has 0 fully saturated rings. The molecule has 5 heteroatoms. The van der Waals surface area contributed by atoms with Crippen LogP contribution in [0.25, 0.3) is 0 Å². The third kappa shape index (κ3) is 2.43. The standard InChI is InChI=1S/C15H15FN2O2/c1-10-2-3-11(13(16)6-10)7-15(19)18-5-4-14-12(9-18)8-17-20-14/h2-3,6,8H,4-5,7,9H2,1H3. The number of hydrogen-bond donors (Lipinski definition) is 0. The van der Waals surface area contributed by atoms with E-state index in [0.717, 1.165) is 16.9 Å². The molecule has 1 amide bonds. The number of fused-ring (bicyclic) bond motifs is 1. The fourth-order valence-electron chi connectivity index (χ4n) is 2.42. The number of nitrogens with zero attached hydrogens (tertiary/aromatic N) is 2. The van der Waals surface area contributed by atoms with Crippen molar-refractivity contribution in [1.82, 2.24) is 10.1 Å². The van der Waals surface area contributed by atoms with Crippen molar-refractivity contribution in [3.8, 4) is 0 Å². The molecule has 1 aromatic carbocycles. The molecule has 0 atom stereocenters. The molecule has 0 N–H and O–H groups in total. The summed E-state index contributed by atoms with van der Waals surface area (Å²) in [4.78, 5) is 14.0. The predicted molar refractivity (Wildman–Crippen MR) is 70.5 cm³/mol. The van der Waals surface area contributed by atoms with Crippen LogP contribution in [0.3, 0.4) is 0 Å². The average molecular weight is 274 g/mol. The van der Waals surface area contributed by atoms with Gasteiger partial charge in [0, 0.05) is 18.5 Å². The van der Waals surface area contributed by atoms with Crippen molar-refractivity contribution in [3.05, 3.63) is 52.7 Å². The molecule has 2 heterocycles. The molecule has 2 aromatic rings. The zero-order chi connectivity index (χ0) is 14.1. The summed E-state index contributed by atoms with van der Waals surface area (Å²) in [6.45, 7) is 2.91. The van der Waals surface area contributed by atoms with Crippen LogP contribution in [0.2, 0.25) is 0 Å². The van der Waals surface area contributed by atoms with Gasteiger partial charge in [0.15, 0.2) is 0 Å². The van der Waals surface area contributed by atoms with E-state index in [9.17, 15) is 9.18 Å². The summed E-state index contributed by atoms with van der Waals surface area (Å²) in [6.07, 6.45) is 2.39. The third-order valence-electron chi connectivity index (χ3n) is 3.60. The lowest BCUT2D eigenvalue weighted by Crippen LogP contribution is -2.36. The lowest BCUT2D eigenvalue weighted by Gasteiger charge is -2.25. The highest BCUT2D eigenvalue weighted by atomic mass is 19.1. The number of carbonyl (C=O) groups excluding carboxylic acids is 1. The lowest BCUT2D eigenvalue weighted by molar-refractivity contribution is -0.131. The molecule has 1 aromatic heterocycles. The van der Waals surface area contributed by atoms with Crippen LogP contribution in [-0.4, -0.2) is 22.5 Å². The van der Waals surface area contributed by atoms with E-state index in [-0.39, 0.29) is 18.1 Å². The first-order valence-corrected chi connectivity index (χ1v) is 6.58. The molecule has 0 saturated heterocycles. The molecule has 0 unspecified atom stereocenters. The van der Waals surface area contributed by atoms with Crippen LogP contribution < -0.4 is 0 Å². The number of hydrogen-bond acceptors (Lipinski definition) is 3. The van der Waals surface area contributed by atoms with Crippen LogP contribution in [0.15, 0.2) is 28.9 Å². The first kappa shape index (κ1) is 12.8. The molecule has 0 saturated carbocycles. The van der Waals surface area contributed by atoms with Crippen molar-refractivity contribution in [3.63, 3.8) is 0 Å².